The molecular weight excluding hydrogens is 354 g/mol. The smallest absolute Gasteiger partial charge is 0.254 e. The van der Waals surface area contributed by atoms with Crippen LogP contribution in [0, 0.1) is 0 Å². The monoisotopic (exact) mass is 371 g/mol. The average Bonchev–Trinajstić information content (AvgIpc) is 3.14. The van der Waals surface area contributed by atoms with Crippen molar-refractivity contribution < 1.29 is 14.1 Å². The SMILES string of the molecule is CCN(Cc1nc(-c2ccc(OC)cc2)no1)C(=O)c1cccc(Cl)c1. The van der Waals surface area contributed by atoms with Crippen LogP contribution in [0.25, 0.3) is 11.4 Å². The number of methoxy groups -OCH3 is 1. The Morgan fingerprint density at radius 3 is 2.65 bits per heavy atom. The second-order valence-electron chi connectivity index (χ2n) is 5.57. The number of benzene rings is 2. The molecule has 0 bridgehead atoms. The number of nitrogens with zero attached hydrogens (tertiary/aromatic N) is 3. The summed E-state index contributed by atoms with van der Waals surface area (Å²) < 4.78 is 10.4. The van der Waals surface area contributed by atoms with Gasteiger partial charge < -0.3 is 14.2 Å². The summed E-state index contributed by atoms with van der Waals surface area (Å²) in [7, 11) is 1.61. The first kappa shape index (κ1) is 17.9. The maximum atomic E-state index is 12.6. The van der Waals surface area contributed by atoms with Crippen LogP contribution in [0.5, 0.6) is 5.75 Å². The maximum Gasteiger partial charge on any atom is 0.254 e. The first-order chi connectivity index (χ1) is 12.6. The van der Waals surface area contributed by atoms with Crippen molar-refractivity contribution in [2.24, 2.45) is 0 Å². The van der Waals surface area contributed by atoms with Crippen molar-refractivity contribution in [3.05, 3.63) is 65.0 Å². The van der Waals surface area contributed by atoms with Gasteiger partial charge in [-0.1, -0.05) is 22.8 Å². The van der Waals surface area contributed by atoms with Crippen molar-refractivity contribution in [3.63, 3.8) is 0 Å². The highest BCUT2D eigenvalue weighted by molar-refractivity contribution is 6.30. The molecule has 7 heteroatoms. The number of aromatic nitrogens is 2. The van der Waals surface area contributed by atoms with Gasteiger partial charge in [-0.3, -0.25) is 4.79 Å². The molecule has 3 aromatic rings. The number of hydrogen-bond donors (Lipinski definition) is 0. The Hall–Kier alpha value is -2.86. The fourth-order valence-corrected chi connectivity index (χ4v) is 2.66. The molecule has 0 unspecified atom stereocenters. The van der Waals surface area contributed by atoms with Crippen molar-refractivity contribution in [2.75, 3.05) is 13.7 Å². The van der Waals surface area contributed by atoms with E-state index in [9.17, 15) is 4.79 Å². The molecular formula is C19H18ClN3O3. The Balaban J connectivity index is 1.74. The van der Waals surface area contributed by atoms with Crippen LogP contribution in [0.4, 0.5) is 0 Å². The standard InChI is InChI=1S/C19H18ClN3O3/c1-3-23(19(24)14-5-4-6-15(20)11-14)12-17-21-18(22-26-17)13-7-9-16(25-2)10-8-13/h4-11H,3,12H2,1-2H3. The Bertz CT molecular complexity index is 893. The minimum Gasteiger partial charge on any atom is -0.497 e. The molecule has 0 aliphatic heterocycles. The molecule has 0 aliphatic carbocycles. The summed E-state index contributed by atoms with van der Waals surface area (Å²) >= 11 is 5.97. The second-order valence-corrected chi connectivity index (χ2v) is 6.01. The third-order valence-electron chi connectivity index (χ3n) is 3.88. The molecule has 0 radical (unpaired) electrons. The van der Waals surface area contributed by atoms with E-state index in [1.807, 2.05) is 31.2 Å². The van der Waals surface area contributed by atoms with Gasteiger partial charge in [0.2, 0.25) is 11.7 Å². The van der Waals surface area contributed by atoms with E-state index in [2.05, 4.69) is 10.1 Å². The zero-order valence-corrected chi connectivity index (χ0v) is 15.2. The number of rotatable bonds is 6. The molecule has 0 aliphatic rings. The lowest BCUT2D eigenvalue weighted by atomic mass is 10.2. The molecule has 6 nitrogen and oxygen atoms in total. The lowest BCUT2D eigenvalue weighted by molar-refractivity contribution is 0.0734. The zero-order valence-electron chi connectivity index (χ0n) is 14.5. The van der Waals surface area contributed by atoms with E-state index >= 15 is 0 Å². The molecule has 2 aromatic carbocycles. The van der Waals surface area contributed by atoms with E-state index in [-0.39, 0.29) is 12.5 Å². The normalized spacial score (nSPS) is 10.6. The van der Waals surface area contributed by atoms with Crippen molar-refractivity contribution in [1.29, 1.82) is 0 Å². The molecule has 1 heterocycles. The summed E-state index contributed by atoms with van der Waals surface area (Å²) in [5, 5.41) is 4.51. The number of carbonyl (C=O) groups is 1. The molecule has 134 valence electrons. The highest BCUT2D eigenvalue weighted by Crippen LogP contribution is 2.20. The van der Waals surface area contributed by atoms with Gasteiger partial charge >= 0.3 is 0 Å². The van der Waals surface area contributed by atoms with E-state index < -0.39 is 0 Å². The first-order valence-electron chi connectivity index (χ1n) is 8.12. The summed E-state index contributed by atoms with van der Waals surface area (Å²) in [6.45, 7) is 2.62. The van der Waals surface area contributed by atoms with Crippen LogP contribution in [0.1, 0.15) is 23.2 Å². The van der Waals surface area contributed by atoms with Gasteiger partial charge in [-0.15, -0.1) is 0 Å². The maximum absolute atomic E-state index is 12.6. The van der Waals surface area contributed by atoms with Gasteiger partial charge in [0.25, 0.3) is 5.91 Å². The van der Waals surface area contributed by atoms with E-state index in [1.165, 1.54) is 0 Å². The van der Waals surface area contributed by atoms with Crippen LogP contribution < -0.4 is 4.74 Å². The van der Waals surface area contributed by atoms with Crippen LogP contribution >= 0.6 is 11.6 Å². The molecule has 1 aromatic heterocycles. The molecule has 0 spiro atoms. The molecule has 0 N–H and O–H groups in total. The van der Waals surface area contributed by atoms with Gasteiger partial charge in [0.15, 0.2) is 0 Å². The molecule has 26 heavy (non-hydrogen) atoms. The highest BCUT2D eigenvalue weighted by Gasteiger charge is 2.18. The van der Waals surface area contributed by atoms with Crippen LogP contribution in [0.15, 0.2) is 53.1 Å². The van der Waals surface area contributed by atoms with Gasteiger partial charge in [-0.05, 0) is 49.4 Å². The summed E-state index contributed by atoms with van der Waals surface area (Å²) in [6, 6.07) is 14.2. The fourth-order valence-electron chi connectivity index (χ4n) is 2.47. The fraction of sp³-hybridized carbons (Fsp3) is 0.211. The van der Waals surface area contributed by atoms with E-state index in [0.29, 0.717) is 28.8 Å². The van der Waals surface area contributed by atoms with E-state index in [4.69, 9.17) is 20.9 Å². The van der Waals surface area contributed by atoms with Crippen LogP contribution in [-0.4, -0.2) is 34.6 Å². The first-order valence-corrected chi connectivity index (χ1v) is 8.50. The Morgan fingerprint density at radius 2 is 2.00 bits per heavy atom. The Morgan fingerprint density at radius 1 is 1.23 bits per heavy atom. The number of hydrogen-bond acceptors (Lipinski definition) is 5. The number of carbonyl (C=O) groups excluding carboxylic acids is 1. The zero-order chi connectivity index (χ0) is 18.5. The van der Waals surface area contributed by atoms with Crippen LogP contribution in [0.2, 0.25) is 5.02 Å². The molecule has 0 saturated heterocycles. The highest BCUT2D eigenvalue weighted by atomic mass is 35.5. The van der Waals surface area contributed by atoms with E-state index in [1.54, 1.807) is 36.3 Å². The van der Waals surface area contributed by atoms with Crippen LogP contribution in [-0.2, 0) is 6.54 Å². The number of ether oxygens (including phenoxy) is 1. The van der Waals surface area contributed by atoms with Gasteiger partial charge in [0.1, 0.15) is 12.3 Å². The molecule has 0 atom stereocenters. The molecule has 0 saturated carbocycles. The molecule has 3 rings (SSSR count). The lowest BCUT2D eigenvalue weighted by Gasteiger charge is -2.18. The molecule has 1 amide bonds. The van der Waals surface area contributed by atoms with Gasteiger partial charge in [0.05, 0.1) is 7.11 Å². The quantitative estimate of drug-likeness (QED) is 0.653. The molecule has 0 fully saturated rings. The van der Waals surface area contributed by atoms with Gasteiger partial charge in [0, 0.05) is 22.7 Å². The summed E-state index contributed by atoms with van der Waals surface area (Å²) in [4.78, 5) is 18.6. The largest absolute Gasteiger partial charge is 0.497 e. The lowest BCUT2D eigenvalue weighted by Crippen LogP contribution is -2.30. The Kier molecular flexibility index (Phi) is 5.53. The third kappa shape index (κ3) is 4.03. The number of amides is 1. The minimum absolute atomic E-state index is 0.140. The van der Waals surface area contributed by atoms with Gasteiger partial charge in [-0.2, -0.15) is 4.98 Å². The third-order valence-corrected chi connectivity index (χ3v) is 4.12. The van der Waals surface area contributed by atoms with Crippen molar-refractivity contribution in [1.82, 2.24) is 15.0 Å². The minimum atomic E-state index is -0.140. The van der Waals surface area contributed by atoms with Gasteiger partial charge in [-0.25, -0.2) is 0 Å². The van der Waals surface area contributed by atoms with Crippen LogP contribution in [0.3, 0.4) is 0 Å². The Labute approximate surface area is 156 Å². The second kappa shape index (κ2) is 8.01. The number of halogens is 1. The predicted octanol–water partition coefficient (Wildman–Crippen LogP) is 4.06. The van der Waals surface area contributed by atoms with E-state index in [0.717, 1.165) is 11.3 Å². The summed E-state index contributed by atoms with van der Waals surface area (Å²) in [6.07, 6.45) is 0. The van der Waals surface area contributed by atoms with Crippen molar-refractivity contribution in [2.45, 2.75) is 13.5 Å². The van der Waals surface area contributed by atoms with Crippen molar-refractivity contribution >= 4 is 17.5 Å². The summed E-state index contributed by atoms with van der Waals surface area (Å²) in [5.41, 5.74) is 1.33. The van der Waals surface area contributed by atoms with Crippen molar-refractivity contribution in [3.8, 4) is 17.1 Å². The average molecular weight is 372 g/mol. The summed E-state index contributed by atoms with van der Waals surface area (Å²) in [5.74, 6) is 1.45. The predicted molar refractivity (Wildman–Crippen MR) is 98.2 cm³/mol. The topological polar surface area (TPSA) is 68.5 Å².